The van der Waals surface area contributed by atoms with Gasteiger partial charge in [-0.15, -0.1) is 0 Å². The molecule has 2 nitrogen and oxygen atoms in total. The number of benzene rings is 2. The van der Waals surface area contributed by atoms with Gasteiger partial charge in [-0.25, -0.2) is 4.39 Å². The molecule has 0 saturated heterocycles. The van der Waals surface area contributed by atoms with Crippen LogP contribution in [0.15, 0.2) is 30.3 Å². The molecule has 0 aliphatic rings. The summed E-state index contributed by atoms with van der Waals surface area (Å²) in [6.07, 6.45) is 0. The van der Waals surface area contributed by atoms with Crippen molar-refractivity contribution < 1.29 is 9.50 Å². The van der Waals surface area contributed by atoms with Gasteiger partial charge in [0.05, 0.1) is 0 Å². The van der Waals surface area contributed by atoms with Crippen molar-refractivity contribution in [3.63, 3.8) is 0 Å². The van der Waals surface area contributed by atoms with Crippen LogP contribution in [0.1, 0.15) is 0 Å². The van der Waals surface area contributed by atoms with Gasteiger partial charge in [-0.05, 0) is 18.2 Å². The Labute approximate surface area is 74.4 Å². The van der Waals surface area contributed by atoms with E-state index < -0.39 is 5.82 Å². The van der Waals surface area contributed by atoms with Crippen LogP contribution >= 0.6 is 0 Å². The topological polar surface area (TPSA) is 46.2 Å². The van der Waals surface area contributed by atoms with Gasteiger partial charge in [0.15, 0.2) is 11.6 Å². The largest absolute Gasteiger partial charge is 0.504 e. The number of phenolic OH excluding ortho intramolecular Hbond substituents is 1. The molecule has 0 aliphatic heterocycles. The highest BCUT2D eigenvalue weighted by Crippen LogP contribution is 2.30. The first-order valence-corrected chi connectivity index (χ1v) is 3.86. The average molecular weight is 177 g/mol. The van der Waals surface area contributed by atoms with Crippen molar-refractivity contribution in [2.24, 2.45) is 0 Å². The Morgan fingerprint density at radius 3 is 2.62 bits per heavy atom. The Kier molecular flexibility index (Phi) is 1.59. The second kappa shape index (κ2) is 2.62. The Morgan fingerprint density at radius 2 is 1.85 bits per heavy atom. The van der Waals surface area contributed by atoms with Crippen LogP contribution in [0.2, 0.25) is 0 Å². The third-order valence-electron chi connectivity index (χ3n) is 2.02. The van der Waals surface area contributed by atoms with Crippen LogP contribution in [0.4, 0.5) is 10.1 Å². The molecule has 0 fully saturated rings. The minimum Gasteiger partial charge on any atom is -0.504 e. The van der Waals surface area contributed by atoms with Gasteiger partial charge in [0, 0.05) is 16.5 Å². The highest BCUT2D eigenvalue weighted by Gasteiger charge is 2.06. The van der Waals surface area contributed by atoms with E-state index in [1.54, 1.807) is 24.3 Å². The lowest BCUT2D eigenvalue weighted by Gasteiger charge is -2.03. The number of fused-ring (bicyclic) bond motifs is 1. The first-order valence-electron chi connectivity index (χ1n) is 3.86. The Hall–Kier alpha value is -1.77. The lowest BCUT2D eigenvalue weighted by molar-refractivity contribution is 0.439. The molecule has 2 rings (SSSR count). The highest BCUT2D eigenvalue weighted by atomic mass is 19.1. The number of anilines is 1. The molecular weight excluding hydrogens is 169 g/mol. The molecule has 0 amide bonds. The number of nitrogens with two attached hydrogens (primary N) is 1. The Balaban J connectivity index is 2.94. The summed E-state index contributed by atoms with van der Waals surface area (Å²) < 4.78 is 12.9. The normalized spacial score (nSPS) is 10.5. The number of rotatable bonds is 0. The first kappa shape index (κ1) is 7.86. The van der Waals surface area contributed by atoms with Crippen molar-refractivity contribution in [3.8, 4) is 5.75 Å². The summed E-state index contributed by atoms with van der Waals surface area (Å²) in [5.41, 5.74) is 6.18. The van der Waals surface area contributed by atoms with E-state index in [1.807, 2.05) is 0 Å². The number of phenols is 1. The molecule has 3 heteroatoms. The fraction of sp³-hybridized carbons (Fsp3) is 0. The van der Waals surface area contributed by atoms with Gasteiger partial charge < -0.3 is 10.8 Å². The molecular formula is C10H8FNO. The van der Waals surface area contributed by atoms with Crippen molar-refractivity contribution in [2.75, 3.05) is 5.73 Å². The fourth-order valence-electron chi connectivity index (χ4n) is 1.34. The predicted molar refractivity (Wildman–Crippen MR) is 50.0 cm³/mol. The smallest absolute Gasteiger partial charge is 0.165 e. The minimum atomic E-state index is -0.627. The fourth-order valence-corrected chi connectivity index (χ4v) is 1.34. The highest BCUT2D eigenvalue weighted by molar-refractivity contribution is 5.96. The van der Waals surface area contributed by atoms with E-state index in [4.69, 9.17) is 5.73 Å². The van der Waals surface area contributed by atoms with Gasteiger partial charge in [0.1, 0.15) is 0 Å². The molecule has 0 bridgehead atoms. The zero-order chi connectivity index (χ0) is 9.42. The van der Waals surface area contributed by atoms with Gasteiger partial charge in [0.2, 0.25) is 0 Å². The lowest BCUT2D eigenvalue weighted by Crippen LogP contribution is -1.87. The van der Waals surface area contributed by atoms with Crippen molar-refractivity contribution in [3.05, 3.63) is 36.1 Å². The van der Waals surface area contributed by atoms with Crippen molar-refractivity contribution >= 4 is 16.5 Å². The van der Waals surface area contributed by atoms with Crippen LogP contribution < -0.4 is 5.73 Å². The van der Waals surface area contributed by atoms with Gasteiger partial charge in [-0.2, -0.15) is 0 Å². The zero-order valence-corrected chi connectivity index (χ0v) is 6.79. The van der Waals surface area contributed by atoms with Gasteiger partial charge in [-0.1, -0.05) is 12.1 Å². The second-order valence-electron chi connectivity index (χ2n) is 2.84. The summed E-state index contributed by atoms with van der Waals surface area (Å²) in [4.78, 5) is 0. The summed E-state index contributed by atoms with van der Waals surface area (Å²) in [5, 5.41) is 10.5. The zero-order valence-electron chi connectivity index (χ0n) is 6.79. The van der Waals surface area contributed by atoms with Crippen molar-refractivity contribution in [1.29, 1.82) is 0 Å². The molecule has 0 heterocycles. The number of halogens is 1. The molecule has 0 aromatic heterocycles. The van der Waals surface area contributed by atoms with E-state index in [0.717, 1.165) is 0 Å². The second-order valence-corrected chi connectivity index (χ2v) is 2.84. The predicted octanol–water partition coefficient (Wildman–Crippen LogP) is 2.27. The number of hydrogen-bond acceptors (Lipinski definition) is 2. The van der Waals surface area contributed by atoms with E-state index in [1.165, 1.54) is 6.07 Å². The first-order chi connectivity index (χ1) is 6.20. The summed E-state index contributed by atoms with van der Waals surface area (Å²) in [7, 11) is 0. The lowest BCUT2D eigenvalue weighted by atomic mass is 10.1. The van der Waals surface area contributed by atoms with Gasteiger partial charge in [0.25, 0.3) is 0 Å². The maximum atomic E-state index is 12.9. The summed E-state index contributed by atoms with van der Waals surface area (Å²) >= 11 is 0. The molecule has 0 saturated carbocycles. The quantitative estimate of drug-likeness (QED) is 0.606. The summed E-state index contributed by atoms with van der Waals surface area (Å²) in [5.74, 6) is -0.970. The average Bonchev–Trinajstić information content (AvgIpc) is 2.12. The van der Waals surface area contributed by atoms with Crippen LogP contribution in [-0.4, -0.2) is 5.11 Å². The number of hydrogen-bond donors (Lipinski definition) is 2. The minimum absolute atomic E-state index is 0.343. The van der Waals surface area contributed by atoms with Crippen LogP contribution in [0.25, 0.3) is 10.8 Å². The van der Waals surface area contributed by atoms with E-state index in [0.29, 0.717) is 16.5 Å². The van der Waals surface area contributed by atoms with Crippen molar-refractivity contribution in [1.82, 2.24) is 0 Å². The monoisotopic (exact) mass is 177 g/mol. The molecule has 0 atom stereocenters. The number of aromatic hydroxyl groups is 1. The van der Waals surface area contributed by atoms with Gasteiger partial charge >= 0.3 is 0 Å². The van der Waals surface area contributed by atoms with Crippen LogP contribution in [0.5, 0.6) is 5.75 Å². The van der Waals surface area contributed by atoms with Crippen LogP contribution in [0, 0.1) is 5.82 Å². The number of nitrogen functional groups attached to an aromatic ring is 1. The maximum Gasteiger partial charge on any atom is 0.165 e. The molecule has 0 spiro atoms. The molecule has 13 heavy (non-hydrogen) atoms. The van der Waals surface area contributed by atoms with Gasteiger partial charge in [-0.3, -0.25) is 0 Å². The van der Waals surface area contributed by atoms with E-state index >= 15 is 0 Å². The third-order valence-corrected chi connectivity index (χ3v) is 2.02. The Bertz CT molecular complexity index is 468. The maximum absolute atomic E-state index is 12.9. The summed E-state index contributed by atoms with van der Waals surface area (Å²) in [6.45, 7) is 0. The summed E-state index contributed by atoms with van der Waals surface area (Å²) in [6, 6.07) is 7.77. The van der Waals surface area contributed by atoms with E-state index in [2.05, 4.69) is 0 Å². The SMILES string of the molecule is Nc1cccc2c(O)c(F)ccc12. The molecule has 0 aliphatic carbocycles. The molecule has 66 valence electrons. The van der Waals surface area contributed by atoms with Crippen LogP contribution in [0.3, 0.4) is 0 Å². The van der Waals surface area contributed by atoms with E-state index in [-0.39, 0.29) is 5.75 Å². The van der Waals surface area contributed by atoms with Crippen molar-refractivity contribution in [2.45, 2.75) is 0 Å². The molecule has 2 aromatic rings. The molecule has 0 unspecified atom stereocenters. The molecule has 0 radical (unpaired) electrons. The van der Waals surface area contributed by atoms with E-state index in [9.17, 15) is 9.50 Å². The van der Waals surface area contributed by atoms with Crippen LogP contribution in [-0.2, 0) is 0 Å². The standard InChI is InChI=1S/C10H8FNO/c11-8-5-4-6-7(10(8)13)2-1-3-9(6)12/h1-5,13H,12H2. The molecule has 2 aromatic carbocycles. The Morgan fingerprint density at radius 1 is 1.08 bits per heavy atom. The third kappa shape index (κ3) is 1.09. The molecule has 3 N–H and O–H groups in total.